The normalized spacial score (nSPS) is 14.8. The van der Waals surface area contributed by atoms with Gasteiger partial charge in [0.05, 0.1) is 26.4 Å². The second-order valence-electron chi connectivity index (χ2n) is 8.98. The van der Waals surface area contributed by atoms with Crippen LogP contribution in [0.1, 0.15) is 71.4 Å². The first-order chi connectivity index (χ1) is 16.0. The van der Waals surface area contributed by atoms with Crippen LogP contribution < -0.4 is 0 Å². The molecule has 2 aromatic carbocycles. The molecule has 0 unspecified atom stereocenters. The zero-order chi connectivity index (χ0) is 23.8. The summed E-state index contributed by atoms with van der Waals surface area (Å²) in [5.74, 6) is 1.04. The van der Waals surface area contributed by atoms with Gasteiger partial charge in [0.2, 0.25) is 0 Å². The van der Waals surface area contributed by atoms with Crippen molar-refractivity contribution < 1.29 is 29.2 Å². The van der Waals surface area contributed by atoms with Crippen LogP contribution in [0.25, 0.3) is 0 Å². The smallest absolute Gasteiger partial charge is 0.126 e. The first-order valence-electron chi connectivity index (χ1n) is 11.7. The molecule has 0 aromatic heterocycles. The zero-order valence-corrected chi connectivity index (χ0v) is 20.4. The van der Waals surface area contributed by atoms with Gasteiger partial charge in [-0.05, 0) is 54.2 Å². The third-order valence-corrected chi connectivity index (χ3v) is 6.62. The number of rotatable bonds is 11. The second-order valence-corrected chi connectivity index (χ2v) is 8.98. The van der Waals surface area contributed by atoms with Crippen molar-refractivity contribution in [2.75, 3.05) is 28.4 Å². The van der Waals surface area contributed by atoms with E-state index >= 15 is 0 Å². The summed E-state index contributed by atoms with van der Waals surface area (Å²) in [7, 11) is 6.53. The van der Waals surface area contributed by atoms with E-state index in [1.165, 1.54) is 19.3 Å². The molecule has 182 valence electrons. The largest absolute Gasteiger partial charge is 0.507 e. The molecule has 3 rings (SSSR count). The Bertz CT molecular complexity index is 784. The van der Waals surface area contributed by atoms with Gasteiger partial charge in [0.1, 0.15) is 11.5 Å². The quantitative estimate of drug-likeness (QED) is 0.470. The molecule has 2 aromatic rings. The number of aromatic hydroxyl groups is 2. The summed E-state index contributed by atoms with van der Waals surface area (Å²) in [6.07, 6.45) is 5.98. The van der Waals surface area contributed by atoms with E-state index < -0.39 is 0 Å². The zero-order valence-electron chi connectivity index (χ0n) is 20.4. The highest BCUT2D eigenvalue weighted by atomic mass is 16.5. The lowest BCUT2D eigenvalue weighted by Crippen LogP contribution is -2.19. The number of methoxy groups -OCH3 is 4. The Morgan fingerprint density at radius 3 is 1.27 bits per heavy atom. The van der Waals surface area contributed by atoms with Gasteiger partial charge in [-0.2, -0.15) is 0 Å². The summed E-state index contributed by atoms with van der Waals surface area (Å²) >= 11 is 0. The maximum Gasteiger partial charge on any atom is 0.126 e. The number of benzene rings is 2. The molecule has 2 N–H and O–H groups in total. The van der Waals surface area contributed by atoms with Crippen LogP contribution in [0.2, 0.25) is 0 Å². The maximum atomic E-state index is 10.8. The molecule has 0 bridgehead atoms. The van der Waals surface area contributed by atoms with Crippen LogP contribution in [0.15, 0.2) is 24.3 Å². The van der Waals surface area contributed by atoms with Crippen LogP contribution in [-0.4, -0.2) is 38.7 Å². The van der Waals surface area contributed by atoms with Gasteiger partial charge in [0.25, 0.3) is 0 Å². The third-order valence-electron chi connectivity index (χ3n) is 6.62. The van der Waals surface area contributed by atoms with E-state index in [-0.39, 0.29) is 17.4 Å². The molecule has 0 atom stereocenters. The number of phenols is 2. The van der Waals surface area contributed by atoms with Crippen molar-refractivity contribution in [3.63, 3.8) is 0 Å². The minimum atomic E-state index is 0.115. The second kappa shape index (κ2) is 12.4. The Kier molecular flexibility index (Phi) is 9.56. The van der Waals surface area contributed by atoms with E-state index in [1.54, 1.807) is 28.4 Å². The van der Waals surface area contributed by atoms with Gasteiger partial charge in [-0.1, -0.05) is 19.3 Å². The topological polar surface area (TPSA) is 77.4 Å². The van der Waals surface area contributed by atoms with E-state index in [0.717, 1.165) is 46.2 Å². The molecular formula is C27H38O6. The summed E-state index contributed by atoms with van der Waals surface area (Å²) in [6.45, 7) is 1.31. The van der Waals surface area contributed by atoms with Gasteiger partial charge in [0.15, 0.2) is 0 Å². The standard InChI is InChI=1S/C27H38O6/c1-30-14-21-10-19(11-22(15-31-2)26(21)28)25(18-8-6-5-7-9-18)20-12-23(16-32-3)27(29)24(13-20)17-33-4/h10-13,18,25,28-29H,5-9,14-17H2,1-4H3. The molecule has 0 radical (unpaired) electrons. The molecule has 0 heterocycles. The first-order valence-corrected chi connectivity index (χ1v) is 11.7. The fourth-order valence-corrected chi connectivity index (χ4v) is 5.20. The molecule has 6 nitrogen and oxygen atoms in total. The van der Waals surface area contributed by atoms with Gasteiger partial charge >= 0.3 is 0 Å². The van der Waals surface area contributed by atoms with Crippen LogP contribution in [-0.2, 0) is 45.4 Å². The van der Waals surface area contributed by atoms with Crippen molar-refractivity contribution >= 4 is 0 Å². The molecular weight excluding hydrogens is 420 g/mol. The Morgan fingerprint density at radius 1 is 0.636 bits per heavy atom. The molecule has 0 amide bonds. The minimum Gasteiger partial charge on any atom is -0.507 e. The number of phenolic OH excluding ortho intramolecular Hbond substituents is 2. The van der Waals surface area contributed by atoms with Gasteiger partial charge in [-0.15, -0.1) is 0 Å². The lowest BCUT2D eigenvalue weighted by molar-refractivity contribution is 0.174. The van der Waals surface area contributed by atoms with Crippen LogP contribution >= 0.6 is 0 Å². The minimum absolute atomic E-state index is 0.115. The van der Waals surface area contributed by atoms with E-state index in [0.29, 0.717) is 32.3 Å². The summed E-state index contributed by atoms with van der Waals surface area (Å²) in [6, 6.07) is 8.26. The molecule has 1 saturated carbocycles. The summed E-state index contributed by atoms with van der Waals surface area (Å²) < 4.78 is 21.5. The lowest BCUT2D eigenvalue weighted by Gasteiger charge is -2.32. The van der Waals surface area contributed by atoms with Gasteiger partial charge < -0.3 is 29.2 Å². The predicted molar refractivity (Wildman–Crippen MR) is 127 cm³/mol. The Labute approximate surface area is 197 Å². The van der Waals surface area contributed by atoms with Gasteiger partial charge in [-0.3, -0.25) is 0 Å². The lowest BCUT2D eigenvalue weighted by atomic mass is 9.72. The molecule has 0 spiro atoms. The number of hydrogen-bond acceptors (Lipinski definition) is 6. The van der Waals surface area contributed by atoms with Crippen LogP contribution in [0.3, 0.4) is 0 Å². The SMILES string of the molecule is COCc1cc(C(c2cc(COC)c(O)c(COC)c2)C2CCCCC2)cc(COC)c1O. The fraction of sp³-hybridized carbons (Fsp3) is 0.556. The predicted octanol–water partition coefficient (Wildman–Crippen LogP) is 5.40. The van der Waals surface area contributed by atoms with Crippen molar-refractivity contribution in [2.45, 2.75) is 64.4 Å². The highest BCUT2D eigenvalue weighted by Crippen LogP contribution is 2.44. The average Bonchev–Trinajstić information content (AvgIpc) is 2.81. The van der Waals surface area contributed by atoms with Crippen LogP contribution in [0.4, 0.5) is 0 Å². The fourth-order valence-electron chi connectivity index (χ4n) is 5.20. The molecule has 1 aliphatic carbocycles. The Hall–Kier alpha value is -2.12. The van der Waals surface area contributed by atoms with Crippen molar-refractivity contribution in [3.8, 4) is 11.5 Å². The molecule has 1 aliphatic rings. The summed E-state index contributed by atoms with van der Waals surface area (Å²) in [5, 5.41) is 21.6. The number of hydrogen-bond donors (Lipinski definition) is 2. The van der Waals surface area contributed by atoms with Crippen molar-refractivity contribution in [2.24, 2.45) is 5.92 Å². The third kappa shape index (κ3) is 6.07. The average molecular weight is 459 g/mol. The van der Waals surface area contributed by atoms with E-state index in [2.05, 4.69) is 24.3 Å². The molecule has 1 fully saturated rings. The molecule has 0 saturated heterocycles. The Morgan fingerprint density at radius 2 is 0.970 bits per heavy atom. The Balaban J connectivity index is 2.19. The molecule has 0 aliphatic heterocycles. The molecule has 6 heteroatoms. The van der Waals surface area contributed by atoms with E-state index in [4.69, 9.17) is 18.9 Å². The first kappa shape index (κ1) is 25.5. The van der Waals surface area contributed by atoms with Crippen molar-refractivity contribution in [1.82, 2.24) is 0 Å². The monoisotopic (exact) mass is 458 g/mol. The maximum absolute atomic E-state index is 10.8. The molecule has 33 heavy (non-hydrogen) atoms. The summed E-state index contributed by atoms with van der Waals surface area (Å²) in [5.41, 5.74) is 5.31. The van der Waals surface area contributed by atoms with Crippen LogP contribution in [0.5, 0.6) is 11.5 Å². The van der Waals surface area contributed by atoms with Crippen molar-refractivity contribution in [1.29, 1.82) is 0 Å². The van der Waals surface area contributed by atoms with Crippen molar-refractivity contribution in [3.05, 3.63) is 57.6 Å². The number of ether oxygens (including phenoxy) is 4. The van der Waals surface area contributed by atoms with Crippen LogP contribution in [0, 0.1) is 5.92 Å². The van der Waals surface area contributed by atoms with E-state index in [1.807, 2.05) is 0 Å². The summed E-state index contributed by atoms with van der Waals surface area (Å²) in [4.78, 5) is 0. The van der Waals surface area contributed by atoms with Gasteiger partial charge in [-0.25, -0.2) is 0 Å². The highest BCUT2D eigenvalue weighted by Gasteiger charge is 2.29. The highest BCUT2D eigenvalue weighted by molar-refractivity contribution is 5.50. The van der Waals surface area contributed by atoms with E-state index in [9.17, 15) is 10.2 Å². The van der Waals surface area contributed by atoms with Gasteiger partial charge in [0, 0.05) is 56.6 Å².